The van der Waals surface area contributed by atoms with Gasteiger partial charge in [-0.05, 0) is 31.0 Å². The van der Waals surface area contributed by atoms with Crippen LogP contribution in [-0.4, -0.2) is 21.1 Å². The summed E-state index contributed by atoms with van der Waals surface area (Å²) in [7, 11) is 0. The highest BCUT2D eigenvalue weighted by Crippen LogP contribution is 2.32. The molecule has 1 unspecified atom stereocenters. The molecule has 4 nitrogen and oxygen atoms in total. The van der Waals surface area contributed by atoms with Crippen LogP contribution in [0, 0.1) is 0 Å². The smallest absolute Gasteiger partial charge is 0.233 e. The molecular formula is C18H18ClN3OS2. The second-order valence-corrected chi connectivity index (χ2v) is 8.39. The maximum absolute atomic E-state index is 12.4. The fourth-order valence-electron chi connectivity index (χ4n) is 2.34. The Balaban J connectivity index is 1.67. The third kappa shape index (κ3) is 4.32. The molecule has 1 amide bonds. The second kappa shape index (κ2) is 8.17. The van der Waals surface area contributed by atoms with Crippen LogP contribution in [0.25, 0.3) is 10.2 Å². The highest BCUT2D eigenvalue weighted by Gasteiger charge is 2.18. The van der Waals surface area contributed by atoms with E-state index in [1.165, 1.54) is 16.6 Å². The topological polar surface area (TPSA) is 54.9 Å². The number of nitrogens with zero attached hydrogens (tertiary/aromatic N) is 2. The highest BCUT2D eigenvalue weighted by molar-refractivity contribution is 8.00. The number of aromatic nitrogens is 2. The summed E-state index contributed by atoms with van der Waals surface area (Å²) in [6.07, 6.45) is 2.54. The van der Waals surface area contributed by atoms with Crippen LogP contribution < -0.4 is 5.32 Å². The number of carbonyl (C=O) groups is 1. The lowest BCUT2D eigenvalue weighted by Gasteiger charge is -2.12. The largest absolute Gasteiger partial charge is 0.351 e. The van der Waals surface area contributed by atoms with Gasteiger partial charge in [0.2, 0.25) is 5.91 Å². The van der Waals surface area contributed by atoms with Crippen LogP contribution in [0.15, 0.2) is 41.7 Å². The van der Waals surface area contributed by atoms with Crippen molar-refractivity contribution in [3.05, 3.63) is 52.1 Å². The number of hydrogen-bond acceptors (Lipinski definition) is 5. The number of thioether (sulfide) groups is 1. The molecule has 1 aromatic carbocycles. The molecule has 7 heteroatoms. The molecule has 1 N–H and O–H groups in total. The van der Waals surface area contributed by atoms with Crippen LogP contribution >= 0.6 is 34.7 Å². The van der Waals surface area contributed by atoms with E-state index in [1.807, 2.05) is 31.2 Å². The molecule has 0 fully saturated rings. The van der Waals surface area contributed by atoms with Gasteiger partial charge >= 0.3 is 0 Å². The van der Waals surface area contributed by atoms with Crippen molar-refractivity contribution < 1.29 is 4.79 Å². The maximum Gasteiger partial charge on any atom is 0.233 e. The van der Waals surface area contributed by atoms with Crippen molar-refractivity contribution in [1.82, 2.24) is 15.3 Å². The summed E-state index contributed by atoms with van der Waals surface area (Å²) in [4.78, 5) is 23.3. The second-order valence-electron chi connectivity index (χ2n) is 5.53. The van der Waals surface area contributed by atoms with Gasteiger partial charge in [-0.25, -0.2) is 9.97 Å². The van der Waals surface area contributed by atoms with Gasteiger partial charge < -0.3 is 5.32 Å². The van der Waals surface area contributed by atoms with E-state index in [0.29, 0.717) is 11.6 Å². The van der Waals surface area contributed by atoms with Crippen molar-refractivity contribution in [2.75, 3.05) is 0 Å². The lowest BCUT2D eigenvalue weighted by Crippen LogP contribution is -2.30. The SMILES string of the molecule is CCc1cc2c(SC(C)C(=O)NCc3ccccc3Cl)ncnc2s1. The molecule has 3 aromatic rings. The predicted molar refractivity (Wildman–Crippen MR) is 105 cm³/mol. The fourth-order valence-corrected chi connectivity index (χ4v) is 4.46. The number of thiophene rings is 1. The number of rotatable bonds is 6. The first-order valence-electron chi connectivity index (χ1n) is 7.99. The van der Waals surface area contributed by atoms with Crippen molar-refractivity contribution in [3.8, 4) is 0 Å². The Hall–Kier alpha value is -1.63. The highest BCUT2D eigenvalue weighted by atomic mass is 35.5. The van der Waals surface area contributed by atoms with Crippen LogP contribution in [0.2, 0.25) is 5.02 Å². The summed E-state index contributed by atoms with van der Waals surface area (Å²) in [5, 5.41) is 5.22. The number of carbonyl (C=O) groups excluding carboxylic acids is 1. The number of amides is 1. The van der Waals surface area contributed by atoms with E-state index in [2.05, 4.69) is 28.3 Å². The van der Waals surface area contributed by atoms with Crippen LogP contribution in [0.3, 0.4) is 0 Å². The molecule has 0 saturated heterocycles. The lowest BCUT2D eigenvalue weighted by atomic mass is 10.2. The van der Waals surface area contributed by atoms with E-state index >= 15 is 0 Å². The Morgan fingerprint density at radius 1 is 1.36 bits per heavy atom. The van der Waals surface area contributed by atoms with Gasteiger partial charge in [0.15, 0.2) is 0 Å². The van der Waals surface area contributed by atoms with Gasteiger partial charge in [0.25, 0.3) is 0 Å². The number of fused-ring (bicyclic) bond motifs is 1. The van der Waals surface area contributed by atoms with E-state index < -0.39 is 0 Å². The summed E-state index contributed by atoms with van der Waals surface area (Å²) >= 11 is 9.26. The standard InChI is InChI=1S/C18H18ClN3OS2/c1-3-13-8-14-17(21-10-22-18(14)25-13)24-11(2)16(23)20-9-12-6-4-5-7-15(12)19/h4-8,10-11H,3,9H2,1-2H3,(H,20,23). The average molecular weight is 392 g/mol. The molecule has 0 radical (unpaired) electrons. The summed E-state index contributed by atoms with van der Waals surface area (Å²) in [6.45, 7) is 4.42. The van der Waals surface area contributed by atoms with Gasteiger partial charge in [0, 0.05) is 21.8 Å². The van der Waals surface area contributed by atoms with E-state index in [0.717, 1.165) is 27.2 Å². The molecule has 3 rings (SSSR count). The molecule has 0 aliphatic carbocycles. The fraction of sp³-hybridized carbons (Fsp3) is 0.278. The van der Waals surface area contributed by atoms with Crippen molar-refractivity contribution in [2.45, 2.75) is 37.1 Å². The number of halogens is 1. The van der Waals surface area contributed by atoms with Crippen molar-refractivity contribution in [2.24, 2.45) is 0 Å². The average Bonchev–Trinajstić information content (AvgIpc) is 3.05. The number of hydrogen-bond donors (Lipinski definition) is 1. The van der Waals surface area contributed by atoms with Gasteiger partial charge in [-0.1, -0.05) is 48.5 Å². The van der Waals surface area contributed by atoms with Gasteiger partial charge in [-0.3, -0.25) is 4.79 Å². The summed E-state index contributed by atoms with van der Waals surface area (Å²) < 4.78 is 0. The molecule has 0 aliphatic heterocycles. The molecule has 0 saturated carbocycles. The minimum atomic E-state index is -0.259. The first-order valence-corrected chi connectivity index (χ1v) is 10.1. The lowest BCUT2D eigenvalue weighted by molar-refractivity contribution is -0.120. The van der Waals surface area contributed by atoms with Gasteiger partial charge in [0.05, 0.1) is 5.25 Å². The van der Waals surface area contributed by atoms with Crippen LogP contribution in [0.1, 0.15) is 24.3 Å². The molecule has 0 aliphatic rings. The van der Waals surface area contributed by atoms with Gasteiger partial charge in [-0.2, -0.15) is 0 Å². The van der Waals surface area contributed by atoms with Crippen molar-refractivity contribution >= 4 is 50.8 Å². The molecule has 2 aromatic heterocycles. The number of benzene rings is 1. The Morgan fingerprint density at radius 3 is 2.92 bits per heavy atom. The maximum atomic E-state index is 12.4. The molecule has 0 spiro atoms. The zero-order valence-electron chi connectivity index (χ0n) is 14.0. The van der Waals surface area contributed by atoms with Crippen LogP contribution in [0.4, 0.5) is 0 Å². The van der Waals surface area contributed by atoms with E-state index in [1.54, 1.807) is 17.7 Å². The predicted octanol–water partition coefficient (Wildman–Crippen LogP) is 4.70. The Morgan fingerprint density at radius 2 is 2.16 bits per heavy atom. The van der Waals surface area contributed by atoms with Crippen molar-refractivity contribution in [1.29, 1.82) is 0 Å². The molecule has 2 heterocycles. The minimum Gasteiger partial charge on any atom is -0.351 e. The Labute approximate surface area is 160 Å². The van der Waals surface area contributed by atoms with E-state index in [4.69, 9.17) is 11.6 Å². The molecule has 130 valence electrons. The first-order chi connectivity index (χ1) is 12.1. The first kappa shape index (κ1) is 18.2. The normalized spacial score (nSPS) is 12.3. The van der Waals surface area contributed by atoms with E-state index in [9.17, 15) is 4.79 Å². The van der Waals surface area contributed by atoms with Crippen LogP contribution in [0.5, 0.6) is 0 Å². The minimum absolute atomic E-state index is 0.0392. The zero-order chi connectivity index (χ0) is 17.8. The Kier molecular flexibility index (Phi) is 5.93. The van der Waals surface area contributed by atoms with Gasteiger partial charge in [0.1, 0.15) is 16.2 Å². The Bertz CT molecular complexity index is 897. The van der Waals surface area contributed by atoms with E-state index in [-0.39, 0.29) is 11.2 Å². The van der Waals surface area contributed by atoms with Crippen molar-refractivity contribution in [3.63, 3.8) is 0 Å². The number of aryl methyl sites for hydroxylation is 1. The summed E-state index contributed by atoms with van der Waals surface area (Å²) in [6, 6.07) is 9.63. The third-order valence-electron chi connectivity index (χ3n) is 3.76. The molecule has 25 heavy (non-hydrogen) atoms. The number of nitrogens with one attached hydrogen (secondary N) is 1. The monoisotopic (exact) mass is 391 g/mol. The summed E-state index contributed by atoms with van der Waals surface area (Å²) in [5.41, 5.74) is 0.907. The van der Waals surface area contributed by atoms with Crippen LogP contribution in [-0.2, 0) is 17.8 Å². The third-order valence-corrected chi connectivity index (χ3v) is 6.43. The molecular weight excluding hydrogens is 374 g/mol. The zero-order valence-corrected chi connectivity index (χ0v) is 16.3. The summed E-state index contributed by atoms with van der Waals surface area (Å²) in [5.74, 6) is -0.0392. The quantitative estimate of drug-likeness (QED) is 0.488. The van der Waals surface area contributed by atoms with Gasteiger partial charge in [-0.15, -0.1) is 11.3 Å². The molecule has 1 atom stereocenters. The molecule has 0 bridgehead atoms.